The molecule has 1 rings (SSSR count). The van der Waals surface area contributed by atoms with Gasteiger partial charge < -0.3 is 10.1 Å². The fourth-order valence-corrected chi connectivity index (χ4v) is 1.56. The van der Waals surface area contributed by atoms with E-state index in [9.17, 15) is 0 Å². The van der Waals surface area contributed by atoms with E-state index in [1.54, 1.807) is 7.11 Å². The van der Waals surface area contributed by atoms with Crippen LogP contribution in [0.15, 0.2) is 24.3 Å². The highest BCUT2D eigenvalue weighted by Gasteiger charge is 2.08. The molecule has 0 saturated heterocycles. The average molecular weight is 203 g/mol. The molecule has 1 aromatic carbocycles. The van der Waals surface area contributed by atoms with Gasteiger partial charge in [0.25, 0.3) is 0 Å². The number of likely N-dealkylation sites (N-methyl/N-ethyl adjacent to an activating group) is 1. The van der Waals surface area contributed by atoms with Crippen LogP contribution in [0.25, 0.3) is 0 Å². The molecule has 2 heteroatoms. The molecule has 0 saturated carbocycles. The van der Waals surface area contributed by atoms with Gasteiger partial charge in [0.1, 0.15) is 5.75 Å². The van der Waals surface area contributed by atoms with Crippen LogP contribution >= 0.6 is 0 Å². The first kappa shape index (κ1) is 11.6. The zero-order chi connectivity index (χ0) is 11.1. The zero-order valence-corrected chi connectivity index (χ0v) is 9.29. The topological polar surface area (TPSA) is 21.3 Å². The van der Waals surface area contributed by atoms with E-state index in [-0.39, 0.29) is 0 Å². The van der Waals surface area contributed by atoms with E-state index in [1.807, 2.05) is 25.2 Å². The van der Waals surface area contributed by atoms with Crippen LogP contribution in [0.2, 0.25) is 0 Å². The van der Waals surface area contributed by atoms with Crippen molar-refractivity contribution in [2.24, 2.45) is 0 Å². The standard InChI is InChI=1S/C13H17NO/c1-4-7-12(14-2)10-11-8-5-6-9-13(11)15-3/h1,5-6,8-9,12,14H,7,10H2,2-3H3. The highest BCUT2D eigenvalue weighted by molar-refractivity contribution is 5.33. The second-order valence-electron chi connectivity index (χ2n) is 3.41. The summed E-state index contributed by atoms with van der Waals surface area (Å²) in [6.07, 6.45) is 6.93. The van der Waals surface area contributed by atoms with Crippen LogP contribution in [-0.4, -0.2) is 20.2 Å². The van der Waals surface area contributed by atoms with Gasteiger partial charge in [-0.1, -0.05) is 18.2 Å². The van der Waals surface area contributed by atoms with Crippen molar-refractivity contribution in [1.82, 2.24) is 5.32 Å². The second-order valence-corrected chi connectivity index (χ2v) is 3.41. The Hall–Kier alpha value is -1.46. The van der Waals surface area contributed by atoms with Gasteiger partial charge in [0.05, 0.1) is 7.11 Å². The van der Waals surface area contributed by atoms with Crippen LogP contribution in [0.4, 0.5) is 0 Å². The van der Waals surface area contributed by atoms with Crippen LogP contribution in [0.3, 0.4) is 0 Å². The summed E-state index contributed by atoms with van der Waals surface area (Å²) in [5.74, 6) is 3.60. The lowest BCUT2D eigenvalue weighted by Crippen LogP contribution is -2.27. The maximum absolute atomic E-state index is 5.31. The van der Waals surface area contributed by atoms with Crippen LogP contribution in [0.1, 0.15) is 12.0 Å². The summed E-state index contributed by atoms with van der Waals surface area (Å²) in [7, 11) is 3.62. The number of hydrogen-bond acceptors (Lipinski definition) is 2. The Balaban J connectivity index is 2.74. The fourth-order valence-electron chi connectivity index (χ4n) is 1.56. The van der Waals surface area contributed by atoms with E-state index in [0.29, 0.717) is 6.04 Å². The SMILES string of the molecule is C#CCC(Cc1ccccc1OC)NC. The monoisotopic (exact) mass is 203 g/mol. The third kappa shape index (κ3) is 3.30. The minimum Gasteiger partial charge on any atom is -0.496 e. The maximum Gasteiger partial charge on any atom is 0.122 e. The first-order valence-electron chi connectivity index (χ1n) is 5.04. The molecule has 0 heterocycles. The Labute approximate surface area is 91.6 Å². The summed E-state index contributed by atoms with van der Waals surface area (Å²) in [4.78, 5) is 0. The number of hydrogen-bond donors (Lipinski definition) is 1. The van der Waals surface area contributed by atoms with E-state index in [1.165, 1.54) is 5.56 Å². The molecule has 1 aromatic rings. The molecule has 0 radical (unpaired) electrons. The number of methoxy groups -OCH3 is 1. The lowest BCUT2D eigenvalue weighted by molar-refractivity contribution is 0.406. The van der Waals surface area contributed by atoms with Crippen molar-refractivity contribution in [3.63, 3.8) is 0 Å². The quantitative estimate of drug-likeness (QED) is 0.737. The molecule has 1 unspecified atom stereocenters. The summed E-state index contributed by atoms with van der Waals surface area (Å²) < 4.78 is 5.29. The number of benzene rings is 1. The maximum atomic E-state index is 5.31. The van der Waals surface area contributed by atoms with Crippen molar-refractivity contribution in [2.75, 3.05) is 14.2 Å². The molecule has 1 atom stereocenters. The average Bonchev–Trinajstić information content (AvgIpc) is 2.29. The normalized spacial score (nSPS) is 11.8. The lowest BCUT2D eigenvalue weighted by atomic mass is 10.0. The summed E-state index contributed by atoms with van der Waals surface area (Å²) in [6, 6.07) is 8.34. The summed E-state index contributed by atoms with van der Waals surface area (Å²) >= 11 is 0. The molecule has 1 N–H and O–H groups in total. The summed E-state index contributed by atoms with van der Waals surface area (Å²) in [5.41, 5.74) is 1.19. The van der Waals surface area contributed by atoms with Crippen LogP contribution in [-0.2, 0) is 6.42 Å². The van der Waals surface area contributed by atoms with Crippen molar-refractivity contribution in [1.29, 1.82) is 0 Å². The van der Waals surface area contributed by atoms with Gasteiger partial charge in [-0.2, -0.15) is 0 Å². The smallest absolute Gasteiger partial charge is 0.122 e. The largest absolute Gasteiger partial charge is 0.496 e. The molecule has 0 aliphatic rings. The first-order valence-corrected chi connectivity index (χ1v) is 5.04. The third-order valence-electron chi connectivity index (χ3n) is 2.43. The molecular formula is C13H17NO. The third-order valence-corrected chi connectivity index (χ3v) is 2.43. The van der Waals surface area contributed by atoms with Crippen molar-refractivity contribution in [3.8, 4) is 18.1 Å². The number of ether oxygens (including phenoxy) is 1. The summed E-state index contributed by atoms with van der Waals surface area (Å²) in [5, 5.41) is 3.20. The Morgan fingerprint density at radius 1 is 1.47 bits per heavy atom. The Morgan fingerprint density at radius 3 is 2.80 bits per heavy atom. The number of para-hydroxylation sites is 1. The van der Waals surface area contributed by atoms with Gasteiger partial charge in [0, 0.05) is 12.5 Å². The van der Waals surface area contributed by atoms with Gasteiger partial charge in [-0.15, -0.1) is 12.3 Å². The molecule has 0 bridgehead atoms. The minimum absolute atomic E-state index is 0.311. The second kappa shape index (κ2) is 6.10. The molecule has 0 aliphatic heterocycles. The zero-order valence-electron chi connectivity index (χ0n) is 9.29. The van der Waals surface area contributed by atoms with E-state index in [0.717, 1.165) is 18.6 Å². The Bertz CT molecular complexity index is 341. The van der Waals surface area contributed by atoms with Crippen LogP contribution < -0.4 is 10.1 Å². The predicted molar refractivity (Wildman–Crippen MR) is 63.0 cm³/mol. The molecule has 0 amide bonds. The van der Waals surface area contributed by atoms with Crippen LogP contribution in [0.5, 0.6) is 5.75 Å². The molecule has 2 nitrogen and oxygen atoms in total. The molecule has 15 heavy (non-hydrogen) atoms. The molecule has 0 spiro atoms. The van der Waals surface area contributed by atoms with Crippen LogP contribution in [0, 0.1) is 12.3 Å². The van der Waals surface area contributed by atoms with Crippen molar-refractivity contribution < 1.29 is 4.74 Å². The van der Waals surface area contributed by atoms with E-state index >= 15 is 0 Å². The van der Waals surface area contributed by atoms with Gasteiger partial charge in [-0.05, 0) is 25.1 Å². The summed E-state index contributed by atoms with van der Waals surface area (Å²) in [6.45, 7) is 0. The van der Waals surface area contributed by atoms with Gasteiger partial charge >= 0.3 is 0 Å². The van der Waals surface area contributed by atoms with Gasteiger partial charge in [-0.3, -0.25) is 0 Å². The molecule has 0 aromatic heterocycles. The number of terminal acetylenes is 1. The molecule has 80 valence electrons. The van der Waals surface area contributed by atoms with Gasteiger partial charge in [0.15, 0.2) is 0 Å². The fraction of sp³-hybridized carbons (Fsp3) is 0.385. The van der Waals surface area contributed by atoms with Gasteiger partial charge in [0.2, 0.25) is 0 Å². The minimum atomic E-state index is 0.311. The van der Waals surface area contributed by atoms with Gasteiger partial charge in [-0.25, -0.2) is 0 Å². The number of rotatable bonds is 5. The predicted octanol–water partition coefficient (Wildman–Crippen LogP) is 1.85. The van der Waals surface area contributed by atoms with E-state index in [4.69, 9.17) is 11.2 Å². The van der Waals surface area contributed by atoms with Crippen molar-refractivity contribution >= 4 is 0 Å². The van der Waals surface area contributed by atoms with Crippen molar-refractivity contribution in [2.45, 2.75) is 18.9 Å². The van der Waals surface area contributed by atoms with E-state index < -0.39 is 0 Å². The Kier molecular flexibility index (Phi) is 4.73. The highest BCUT2D eigenvalue weighted by Crippen LogP contribution is 2.19. The molecule has 0 aliphatic carbocycles. The first-order chi connectivity index (χ1) is 7.31. The van der Waals surface area contributed by atoms with Crippen molar-refractivity contribution in [3.05, 3.63) is 29.8 Å². The highest BCUT2D eigenvalue weighted by atomic mass is 16.5. The molecular weight excluding hydrogens is 186 g/mol. The lowest BCUT2D eigenvalue weighted by Gasteiger charge is -2.15. The Morgan fingerprint density at radius 2 is 2.20 bits per heavy atom. The molecule has 0 fully saturated rings. The van der Waals surface area contributed by atoms with E-state index in [2.05, 4.69) is 17.3 Å². The number of nitrogens with one attached hydrogen (secondary N) is 1.